The third-order valence-electron chi connectivity index (χ3n) is 4.00. The van der Waals surface area contributed by atoms with Crippen LogP contribution in [0.15, 0.2) is 18.3 Å². The molecule has 24 heavy (non-hydrogen) atoms. The zero-order valence-corrected chi connectivity index (χ0v) is 22.3. The number of anilines is 1. The number of rotatable bonds is 6. The third kappa shape index (κ3) is 3.56. The van der Waals surface area contributed by atoms with Gasteiger partial charge in [-0.2, -0.15) is 0 Å². The number of amides is 1. The van der Waals surface area contributed by atoms with Gasteiger partial charge < -0.3 is 0 Å². The Morgan fingerprint density at radius 3 is 2.96 bits per heavy atom. The molecule has 0 bridgehead atoms. The second kappa shape index (κ2) is 7.77. The fourth-order valence-electron chi connectivity index (χ4n) is 2.88. The molecule has 0 aliphatic heterocycles. The molecule has 3 heterocycles. The molecule has 0 unspecified atom stereocenters. The minimum absolute atomic E-state index is 0.156. The number of carbonyl (C=O) groups excluding carboxylic acids is 1. The van der Waals surface area contributed by atoms with Crippen molar-refractivity contribution in [2.45, 2.75) is 32.7 Å². The number of hydrogen-bond acceptors (Lipinski definition) is 5. The minimum atomic E-state index is -0.156. The Kier molecular flexibility index (Phi) is 5.69. The van der Waals surface area contributed by atoms with Gasteiger partial charge >= 0.3 is 170 Å². The van der Waals surface area contributed by atoms with Crippen molar-refractivity contribution in [1.82, 2.24) is 24.8 Å². The predicted octanol–water partition coefficient (Wildman–Crippen LogP) is 1.90. The van der Waals surface area contributed by atoms with E-state index in [-0.39, 0.29) is 43.7 Å². The predicted molar refractivity (Wildman–Crippen MR) is 90.6 cm³/mol. The molecule has 0 atom stereocenters. The summed E-state index contributed by atoms with van der Waals surface area (Å²) < 4.78 is 2.33. The van der Waals surface area contributed by atoms with Crippen LogP contribution in [0, 0.1) is 42.8 Å². The van der Waals surface area contributed by atoms with Crippen LogP contribution in [0.4, 0.5) is 10.6 Å². The standard InChI is InChI=1S/C16H19N6O.Ra.H/c1-2-3-6-12-21-14-15(22(12)9-8-18-10-23)13-11(20-16(14)17)5-4-7-19-13;;/h4-5,7H,2-3,6,8-9H2,1H3,(H2,17,20)(H,18,23);;. The van der Waals surface area contributed by atoms with Crippen LogP contribution in [0.5, 0.6) is 0 Å². The van der Waals surface area contributed by atoms with Gasteiger partial charge in [0.2, 0.25) is 0 Å². The molecule has 8 heteroatoms. The number of unbranched alkanes of at least 4 members (excludes halogenated alkanes) is 1. The van der Waals surface area contributed by atoms with E-state index in [2.05, 4.69) is 26.8 Å². The molecule has 0 aliphatic rings. The van der Waals surface area contributed by atoms with E-state index in [4.69, 9.17) is 10.7 Å². The number of aromatic nitrogens is 4. The van der Waals surface area contributed by atoms with Crippen LogP contribution in [0.3, 0.4) is 0 Å². The second-order valence-electron chi connectivity index (χ2n) is 5.83. The molecule has 3 N–H and O–H groups in total. The monoisotopic (exact) mass is 538 g/mol. The van der Waals surface area contributed by atoms with Crippen molar-refractivity contribution < 1.29 is 47.6 Å². The van der Waals surface area contributed by atoms with Crippen molar-refractivity contribution >= 4 is 28.8 Å². The van der Waals surface area contributed by atoms with E-state index in [1.54, 1.807) is 6.20 Å². The molecular formula is C16H20N6ORa. The van der Waals surface area contributed by atoms with E-state index < -0.39 is 0 Å². The van der Waals surface area contributed by atoms with Gasteiger partial charge in [0.15, 0.2) is 0 Å². The average molecular weight is 538 g/mol. The first kappa shape index (κ1) is 17.6. The van der Waals surface area contributed by atoms with Gasteiger partial charge in [0.25, 0.3) is 0 Å². The fourth-order valence-corrected chi connectivity index (χ4v) is 3.91. The van der Waals surface area contributed by atoms with E-state index in [0.717, 1.165) is 41.6 Å². The molecule has 3 rings (SSSR count). The third-order valence-corrected chi connectivity index (χ3v) is 5.46. The number of hydrogen-bond donors (Lipinski definition) is 2. The molecule has 3 aromatic heterocycles. The van der Waals surface area contributed by atoms with Crippen LogP contribution in [0.1, 0.15) is 25.6 Å². The SMILES string of the molecule is CCCCc1nc2c(N)nc3cccnc3c2n1CCN[C](=O)[RaH]. The van der Waals surface area contributed by atoms with Crippen LogP contribution in [0.25, 0.3) is 22.1 Å². The van der Waals surface area contributed by atoms with Gasteiger partial charge in [0.1, 0.15) is 0 Å². The van der Waals surface area contributed by atoms with Crippen LogP contribution in [0.2, 0.25) is 0 Å². The Bertz CT molecular complexity index is 891. The molecule has 3 aromatic rings. The van der Waals surface area contributed by atoms with E-state index >= 15 is 0 Å². The maximum atomic E-state index is 11.3. The topological polar surface area (TPSA) is 98.7 Å². The number of nitrogens with zero attached hydrogens (tertiary/aromatic N) is 4. The summed E-state index contributed by atoms with van der Waals surface area (Å²) in [6.07, 6.45) is 4.78. The number of carbonyl (C=O) groups is 1. The van der Waals surface area contributed by atoms with Crippen molar-refractivity contribution in [1.29, 1.82) is 0 Å². The molecule has 1 amide bonds. The van der Waals surface area contributed by atoms with Crippen molar-refractivity contribution in [3.63, 3.8) is 0 Å². The zero-order chi connectivity index (χ0) is 17.1. The van der Waals surface area contributed by atoms with Gasteiger partial charge in [-0.1, -0.05) is 0 Å². The first-order valence-electron chi connectivity index (χ1n) is 8.25. The first-order valence-corrected chi connectivity index (χ1v) is 12.4. The van der Waals surface area contributed by atoms with Gasteiger partial charge in [-0.15, -0.1) is 0 Å². The van der Waals surface area contributed by atoms with Gasteiger partial charge in [-0.3, -0.25) is 0 Å². The molecule has 122 valence electrons. The van der Waals surface area contributed by atoms with Crippen molar-refractivity contribution in [2.24, 2.45) is 0 Å². The van der Waals surface area contributed by atoms with Crippen LogP contribution >= 0.6 is 0 Å². The first-order chi connectivity index (χ1) is 11.6. The summed E-state index contributed by atoms with van der Waals surface area (Å²) in [7, 11) is 0. The molecular weight excluding hydrogens is 518 g/mol. The molecule has 0 radical (unpaired) electrons. The van der Waals surface area contributed by atoms with Crippen molar-refractivity contribution in [3.8, 4) is 0 Å². The summed E-state index contributed by atoms with van der Waals surface area (Å²) in [4.78, 5) is 24.9. The van der Waals surface area contributed by atoms with Crippen molar-refractivity contribution in [3.05, 3.63) is 24.2 Å². The quantitative estimate of drug-likeness (QED) is 0.500. The number of nitrogen functional groups attached to an aromatic ring is 1. The zero-order valence-electron chi connectivity index (χ0n) is 14.0. The Balaban J connectivity index is 2.16. The summed E-state index contributed by atoms with van der Waals surface area (Å²) in [6.45, 7) is 3.42. The molecule has 0 spiro atoms. The van der Waals surface area contributed by atoms with Crippen molar-refractivity contribution in [2.75, 3.05) is 12.3 Å². The summed E-state index contributed by atoms with van der Waals surface area (Å²) >= 11 is -0.156. The number of fused-ring (bicyclic) bond motifs is 3. The Hall–Kier alpha value is -1.23. The molecule has 0 fully saturated rings. The number of pyridine rings is 2. The number of aryl methyl sites for hydroxylation is 1. The number of nitrogens with one attached hydrogen (secondary N) is 1. The van der Waals surface area contributed by atoms with Gasteiger partial charge in [-0.05, 0) is 0 Å². The summed E-state index contributed by atoms with van der Waals surface area (Å²) in [5.74, 6) is 1.41. The second-order valence-corrected chi connectivity index (χ2v) is 9.56. The summed E-state index contributed by atoms with van der Waals surface area (Å²) in [6, 6.07) is 3.76. The van der Waals surface area contributed by atoms with E-state index in [1.165, 1.54) is 0 Å². The van der Waals surface area contributed by atoms with Crippen LogP contribution in [-0.4, -0.2) is 27.0 Å². The number of imidazole rings is 1. The molecule has 0 saturated carbocycles. The van der Waals surface area contributed by atoms with Crippen LogP contribution < -0.4 is 11.1 Å². The Morgan fingerprint density at radius 1 is 1.38 bits per heavy atom. The normalized spacial score (nSPS) is 11.2. The van der Waals surface area contributed by atoms with Gasteiger partial charge in [0, 0.05) is 0 Å². The Morgan fingerprint density at radius 2 is 2.21 bits per heavy atom. The van der Waals surface area contributed by atoms with Crippen LogP contribution in [-0.2, 0) is 13.0 Å². The molecule has 0 saturated heterocycles. The number of nitrogens with two attached hydrogens (primary N) is 1. The maximum absolute atomic E-state index is 11.3. The molecule has 0 aliphatic carbocycles. The van der Waals surface area contributed by atoms with E-state index in [9.17, 15) is 4.79 Å². The van der Waals surface area contributed by atoms with Gasteiger partial charge in [0.05, 0.1) is 0 Å². The molecule has 0 aromatic carbocycles. The summed E-state index contributed by atoms with van der Waals surface area (Å²) in [5, 5.41) is 2.94. The van der Waals surface area contributed by atoms with E-state index in [1.807, 2.05) is 12.1 Å². The van der Waals surface area contributed by atoms with E-state index in [0.29, 0.717) is 24.4 Å². The average Bonchev–Trinajstić information content (AvgIpc) is 2.92. The molecule has 7 nitrogen and oxygen atoms in total. The summed E-state index contributed by atoms with van der Waals surface area (Å²) in [5.41, 5.74) is 9.33. The Labute approximate surface area is 169 Å². The fraction of sp³-hybridized carbons (Fsp3) is 0.375. The van der Waals surface area contributed by atoms with Gasteiger partial charge in [-0.25, -0.2) is 0 Å².